The van der Waals surface area contributed by atoms with E-state index in [-0.39, 0.29) is 0 Å². The zero-order chi connectivity index (χ0) is 15.1. The number of aromatic nitrogens is 2. The molecule has 1 heterocycles. The van der Waals surface area contributed by atoms with Crippen molar-refractivity contribution in [2.75, 3.05) is 19.1 Å². The Bertz CT molecular complexity index is 571. The minimum Gasteiger partial charge on any atom is -0.381 e. The molecular weight excluding hydrogens is 352 g/mol. The molecule has 0 spiro atoms. The summed E-state index contributed by atoms with van der Waals surface area (Å²) in [5.74, 6) is 1.66. The Morgan fingerprint density at radius 3 is 2.86 bits per heavy atom. The van der Waals surface area contributed by atoms with Gasteiger partial charge in [0.15, 0.2) is 0 Å². The SMILES string of the molecule is CCCCOCCCn1c(CCCl)nc2ccc(Br)cc21. The molecule has 0 aliphatic carbocycles. The van der Waals surface area contributed by atoms with Gasteiger partial charge in [0.2, 0.25) is 0 Å². The highest BCUT2D eigenvalue weighted by molar-refractivity contribution is 9.10. The van der Waals surface area contributed by atoms with Crippen LogP contribution >= 0.6 is 27.5 Å². The standard InChI is InChI=1S/C16H22BrClN2O/c1-2-3-10-21-11-4-9-20-15-12-13(17)5-6-14(15)19-16(20)7-8-18/h5-6,12H,2-4,7-11H2,1H3. The van der Waals surface area contributed by atoms with Crippen molar-refractivity contribution in [3.63, 3.8) is 0 Å². The Morgan fingerprint density at radius 2 is 2.10 bits per heavy atom. The van der Waals surface area contributed by atoms with Crippen molar-refractivity contribution < 1.29 is 4.74 Å². The maximum Gasteiger partial charge on any atom is 0.111 e. The second kappa shape index (κ2) is 8.76. The average molecular weight is 374 g/mol. The van der Waals surface area contributed by atoms with E-state index in [4.69, 9.17) is 16.3 Å². The van der Waals surface area contributed by atoms with Crippen molar-refractivity contribution in [3.05, 3.63) is 28.5 Å². The summed E-state index contributed by atoms with van der Waals surface area (Å²) in [4.78, 5) is 4.69. The molecule has 0 fully saturated rings. The summed E-state index contributed by atoms with van der Waals surface area (Å²) in [5, 5.41) is 0. The first kappa shape index (κ1) is 16.8. The summed E-state index contributed by atoms with van der Waals surface area (Å²) >= 11 is 9.43. The van der Waals surface area contributed by atoms with Crippen LogP contribution in [0.5, 0.6) is 0 Å². The number of nitrogens with zero attached hydrogens (tertiary/aromatic N) is 2. The summed E-state index contributed by atoms with van der Waals surface area (Å²) in [6, 6.07) is 6.20. The van der Waals surface area contributed by atoms with Crippen LogP contribution < -0.4 is 0 Å². The number of imidazole rings is 1. The van der Waals surface area contributed by atoms with Crippen LogP contribution in [0, 0.1) is 0 Å². The maximum absolute atomic E-state index is 5.90. The summed E-state index contributed by atoms with van der Waals surface area (Å²) in [6.07, 6.45) is 4.11. The van der Waals surface area contributed by atoms with Gasteiger partial charge in [-0.2, -0.15) is 0 Å². The first-order valence-corrected chi connectivity index (χ1v) is 8.87. The number of hydrogen-bond acceptors (Lipinski definition) is 2. The van der Waals surface area contributed by atoms with Crippen molar-refractivity contribution in [1.29, 1.82) is 0 Å². The number of unbranched alkanes of at least 4 members (excludes halogenated alkanes) is 1. The Labute approximate surface area is 139 Å². The second-order valence-electron chi connectivity index (χ2n) is 5.07. The Kier molecular flexibility index (Phi) is 7.00. The Hall–Kier alpha value is -0.580. The molecule has 0 N–H and O–H groups in total. The molecule has 0 atom stereocenters. The number of ether oxygens (including phenoxy) is 1. The first-order valence-electron chi connectivity index (χ1n) is 7.54. The van der Waals surface area contributed by atoms with Gasteiger partial charge in [0.05, 0.1) is 11.0 Å². The minimum atomic E-state index is 0.595. The number of aryl methyl sites for hydroxylation is 2. The van der Waals surface area contributed by atoms with Gasteiger partial charge in [-0.25, -0.2) is 4.98 Å². The topological polar surface area (TPSA) is 27.1 Å². The molecule has 0 saturated carbocycles. The highest BCUT2D eigenvalue weighted by Gasteiger charge is 2.10. The molecule has 0 aliphatic heterocycles. The Morgan fingerprint density at radius 1 is 1.29 bits per heavy atom. The van der Waals surface area contributed by atoms with Crippen molar-refractivity contribution in [2.24, 2.45) is 0 Å². The number of fused-ring (bicyclic) bond motifs is 1. The van der Waals surface area contributed by atoms with Gasteiger partial charge in [-0.05, 0) is 31.0 Å². The molecule has 0 amide bonds. The normalized spacial score (nSPS) is 11.4. The summed E-state index contributed by atoms with van der Waals surface area (Å²) < 4.78 is 8.99. The van der Waals surface area contributed by atoms with Gasteiger partial charge in [-0.3, -0.25) is 0 Å². The van der Waals surface area contributed by atoms with E-state index in [1.165, 1.54) is 6.42 Å². The molecule has 1 aromatic heterocycles. The molecule has 116 valence electrons. The number of rotatable bonds is 9. The van der Waals surface area contributed by atoms with Crippen molar-refractivity contribution in [3.8, 4) is 0 Å². The van der Waals surface area contributed by atoms with E-state index >= 15 is 0 Å². The van der Waals surface area contributed by atoms with E-state index in [1.54, 1.807) is 0 Å². The third-order valence-corrected chi connectivity index (χ3v) is 4.10. The third-order valence-electron chi connectivity index (χ3n) is 3.42. The molecule has 21 heavy (non-hydrogen) atoms. The molecule has 0 bridgehead atoms. The number of benzene rings is 1. The van der Waals surface area contributed by atoms with E-state index in [1.807, 2.05) is 12.1 Å². The molecule has 0 unspecified atom stereocenters. The van der Waals surface area contributed by atoms with E-state index in [9.17, 15) is 0 Å². The smallest absolute Gasteiger partial charge is 0.111 e. The van der Waals surface area contributed by atoms with Crippen molar-refractivity contribution >= 4 is 38.6 Å². The van der Waals surface area contributed by atoms with E-state index in [0.717, 1.165) is 60.4 Å². The fourth-order valence-electron chi connectivity index (χ4n) is 2.34. The van der Waals surface area contributed by atoms with E-state index in [2.05, 4.69) is 38.5 Å². The summed E-state index contributed by atoms with van der Waals surface area (Å²) in [5.41, 5.74) is 2.20. The van der Waals surface area contributed by atoms with Crippen LogP contribution in [-0.4, -0.2) is 28.6 Å². The summed E-state index contributed by atoms with van der Waals surface area (Å²) in [7, 11) is 0. The molecule has 1 aromatic carbocycles. The molecule has 2 rings (SSSR count). The van der Waals surface area contributed by atoms with Gasteiger partial charge < -0.3 is 9.30 Å². The van der Waals surface area contributed by atoms with Crippen LogP contribution in [-0.2, 0) is 17.7 Å². The zero-order valence-corrected chi connectivity index (χ0v) is 14.8. The van der Waals surface area contributed by atoms with Crippen molar-refractivity contribution in [1.82, 2.24) is 9.55 Å². The minimum absolute atomic E-state index is 0.595. The van der Waals surface area contributed by atoms with Crippen LogP contribution in [0.3, 0.4) is 0 Å². The molecule has 0 radical (unpaired) electrons. The third kappa shape index (κ3) is 4.70. The average Bonchev–Trinajstić information content (AvgIpc) is 2.80. The summed E-state index contributed by atoms with van der Waals surface area (Å²) in [6.45, 7) is 4.76. The predicted octanol–water partition coefficient (Wildman–Crippen LogP) is 4.79. The van der Waals surface area contributed by atoms with Gasteiger partial charge in [0.25, 0.3) is 0 Å². The van der Waals surface area contributed by atoms with Gasteiger partial charge in [-0.1, -0.05) is 29.3 Å². The zero-order valence-electron chi connectivity index (χ0n) is 12.4. The van der Waals surface area contributed by atoms with Crippen LogP contribution in [0.1, 0.15) is 32.0 Å². The number of hydrogen-bond donors (Lipinski definition) is 0. The quantitative estimate of drug-likeness (QED) is 0.467. The van der Waals surface area contributed by atoms with E-state index in [0.29, 0.717) is 5.88 Å². The van der Waals surface area contributed by atoms with E-state index < -0.39 is 0 Å². The molecule has 0 aliphatic rings. The van der Waals surface area contributed by atoms with Crippen LogP contribution in [0.15, 0.2) is 22.7 Å². The largest absolute Gasteiger partial charge is 0.381 e. The predicted molar refractivity (Wildman–Crippen MR) is 92.2 cm³/mol. The molecular formula is C16H22BrClN2O. The Balaban J connectivity index is 2.05. The molecule has 5 heteroatoms. The second-order valence-corrected chi connectivity index (χ2v) is 6.36. The lowest BCUT2D eigenvalue weighted by Crippen LogP contribution is -2.07. The molecule has 3 nitrogen and oxygen atoms in total. The number of halogens is 2. The fourth-order valence-corrected chi connectivity index (χ4v) is 2.86. The highest BCUT2D eigenvalue weighted by Crippen LogP contribution is 2.22. The van der Waals surface area contributed by atoms with Crippen LogP contribution in [0.2, 0.25) is 0 Å². The lowest BCUT2D eigenvalue weighted by atomic mass is 10.3. The monoisotopic (exact) mass is 372 g/mol. The van der Waals surface area contributed by atoms with Crippen LogP contribution in [0.4, 0.5) is 0 Å². The number of alkyl halides is 1. The maximum atomic E-state index is 5.90. The van der Waals surface area contributed by atoms with Gasteiger partial charge in [0, 0.05) is 36.5 Å². The van der Waals surface area contributed by atoms with Gasteiger partial charge in [-0.15, -0.1) is 11.6 Å². The highest BCUT2D eigenvalue weighted by atomic mass is 79.9. The lowest BCUT2D eigenvalue weighted by molar-refractivity contribution is 0.126. The molecule has 2 aromatic rings. The molecule has 0 saturated heterocycles. The van der Waals surface area contributed by atoms with Gasteiger partial charge in [0.1, 0.15) is 5.82 Å². The first-order chi connectivity index (χ1) is 10.3. The fraction of sp³-hybridized carbons (Fsp3) is 0.562. The lowest BCUT2D eigenvalue weighted by Gasteiger charge is -2.09. The van der Waals surface area contributed by atoms with Crippen LogP contribution in [0.25, 0.3) is 11.0 Å². The van der Waals surface area contributed by atoms with Gasteiger partial charge >= 0.3 is 0 Å². The van der Waals surface area contributed by atoms with Crippen molar-refractivity contribution in [2.45, 2.75) is 39.2 Å².